The Morgan fingerprint density at radius 1 is 0.952 bits per heavy atom. The van der Waals surface area contributed by atoms with Crippen molar-refractivity contribution in [3.8, 4) is 0 Å². The molecule has 0 unspecified atom stereocenters. The first-order valence-electron chi connectivity index (χ1n) is 6.44. The highest BCUT2D eigenvalue weighted by Gasteiger charge is 2.30. The molecular weight excluding hydrogens is 268 g/mol. The molecule has 1 aliphatic heterocycles. The second-order valence-corrected chi connectivity index (χ2v) is 4.68. The molecule has 0 aromatic heterocycles. The Bertz CT molecular complexity index is 768. The van der Waals surface area contributed by atoms with Crippen LogP contribution in [0.2, 0.25) is 0 Å². The van der Waals surface area contributed by atoms with Crippen LogP contribution in [0.1, 0.15) is 27.6 Å². The summed E-state index contributed by atoms with van der Waals surface area (Å²) in [6.07, 6.45) is 0. The Morgan fingerprint density at radius 3 is 2.29 bits per heavy atom. The third-order valence-electron chi connectivity index (χ3n) is 3.31. The Balaban J connectivity index is 2.28. The first kappa shape index (κ1) is 13.1. The number of hydrogen-bond donors (Lipinski definition) is 1. The van der Waals surface area contributed by atoms with Crippen molar-refractivity contribution < 1.29 is 14.4 Å². The van der Waals surface area contributed by atoms with E-state index in [1.54, 1.807) is 48.5 Å². The van der Waals surface area contributed by atoms with Crippen LogP contribution in [-0.4, -0.2) is 17.7 Å². The van der Waals surface area contributed by atoms with Gasteiger partial charge in [0.15, 0.2) is 0 Å². The fraction of sp³-hybridized carbons (Fsp3) is 0.0625. The van der Waals surface area contributed by atoms with E-state index in [1.165, 1.54) is 6.92 Å². The predicted molar refractivity (Wildman–Crippen MR) is 78.3 cm³/mol. The maximum Gasteiger partial charge on any atom is 0.267 e. The van der Waals surface area contributed by atoms with Gasteiger partial charge in [0.05, 0.1) is 22.5 Å². The van der Waals surface area contributed by atoms with Crippen LogP contribution in [0.25, 0.3) is 0 Å². The van der Waals surface area contributed by atoms with E-state index in [9.17, 15) is 14.4 Å². The lowest BCUT2D eigenvalue weighted by molar-refractivity contribution is -0.115. The molecular formula is C16H12N2O3. The molecule has 0 fully saturated rings. The van der Waals surface area contributed by atoms with E-state index >= 15 is 0 Å². The van der Waals surface area contributed by atoms with E-state index < -0.39 is 11.8 Å². The van der Waals surface area contributed by atoms with Crippen molar-refractivity contribution in [2.24, 2.45) is 0 Å². The van der Waals surface area contributed by atoms with Gasteiger partial charge in [0, 0.05) is 6.92 Å². The molecule has 21 heavy (non-hydrogen) atoms. The van der Waals surface area contributed by atoms with Crippen molar-refractivity contribution in [3.05, 3.63) is 59.7 Å². The van der Waals surface area contributed by atoms with Crippen LogP contribution in [0.4, 0.5) is 11.4 Å². The van der Waals surface area contributed by atoms with Gasteiger partial charge < -0.3 is 5.32 Å². The summed E-state index contributed by atoms with van der Waals surface area (Å²) >= 11 is 0. The maximum atomic E-state index is 12.7. The van der Waals surface area contributed by atoms with Gasteiger partial charge in [0.25, 0.3) is 11.8 Å². The second-order valence-electron chi connectivity index (χ2n) is 4.68. The van der Waals surface area contributed by atoms with Gasteiger partial charge in [-0.15, -0.1) is 0 Å². The fourth-order valence-corrected chi connectivity index (χ4v) is 2.37. The molecule has 3 rings (SSSR count). The zero-order chi connectivity index (χ0) is 15.0. The molecule has 104 valence electrons. The lowest BCUT2D eigenvalue weighted by atomic mass is 10.0. The first-order chi connectivity index (χ1) is 10.1. The minimum atomic E-state index is -0.453. The van der Waals surface area contributed by atoms with Gasteiger partial charge in [0.2, 0.25) is 5.91 Å². The quantitative estimate of drug-likeness (QED) is 0.806. The standard InChI is InChI=1S/C16H12N2O3/c1-10(19)18-14-9-5-3-7-12(14)15(20)17-13-8-4-2-6-11(13)16(18)21/h2-9H,1H3,(H,17,20). The van der Waals surface area contributed by atoms with E-state index in [0.29, 0.717) is 11.4 Å². The summed E-state index contributed by atoms with van der Waals surface area (Å²) in [6, 6.07) is 13.2. The van der Waals surface area contributed by atoms with E-state index in [2.05, 4.69) is 5.32 Å². The second kappa shape index (κ2) is 4.86. The Hall–Kier alpha value is -2.95. The highest BCUT2D eigenvalue weighted by Crippen LogP contribution is 2.29. The number of nitrogens with one attached hydrogen (secondary N) is 1. The number of carbonyl (C=O) groups excluding carboxylic acids is 3. The van der Waals surface area contributed by atoms with Gasteiger partial charge in [-0.05, 0) is 24.3 Å². The number of anilines is 2. The smallest absolute Gasteiger partial charge is 0.267 e. The number of benzene rings is 2. The normalized spacial score (nSPS) is 13.7. The molecule has 0 spiro atoms. The van der Waals surface area contributed by atoms with Crippen molar-refractivity contribution in [1.82, 2.24) is 0 Å². The van der Waals surface area contributed by atoms with Crippen LogP contribution in [0, 0.1) is 0 Å². The van der Waals surface area contributed by atoms with Gasteiger partial charge in [-0.2, -0.15) is 0 Å². The molecule has 1 aliphatic rings. The van der Waals surface area contributed by atoms with E-state index in [0.717, 1.165) is 4.90 Å². The van der Waals surface area contributed by atoms with Crippen LogP contribution >= 0.6 is 0 Å². The van der Waals surface area contributed by atoms with Crippen LogP contribution in [0.5, 0.6) is 0 Å². The minimum Gasteiger partial charge on any atom is -0.321 e. The minimum absolute atomic E-state index is 0.288. The number of fused-ring (bicyclic) bond motifs is 2. The summed E-state index contributed by atoms with van der Waals surface area (Å²) in [6.45, 7) is 1.30. The highest BCUT2D eigenvalue weighted by atomic mass is 16.2. The van der Waals surface area contributed by atoms with Gasteiger partial charge in [-0.3, -0.25) is 14.4 Å². The Kier molecular flexibility index (Phi) is 3.02. The largest absolute Gasteiger partial charge is 0.321 e. The average molecular weight is 280 g/mol. The molecule has 0 radical (unpaired) electrons. The van der Waals surface area contributed by atoms with Gasteiger partial charge in [0.1, 0.15) is 0 Å². The van der Waals surface area contributed by atoms with E-state index in [4.69, 9.17) is 0 Å². The lowest BCUT2D eigenvalue weighted by Gasteiger charge is -2.25. The summed E-state index contributed by atoms with van der Waals surface area (Å²) in [5.74, 6) is -1.24. The first-order valence-corrected chi connectivity index (χ1v) is 6.44. The Morgan fingerprint density at radius 2 is 1.57 bits per heavy atom. The highest BCUT2D eigenvalue weighted by molar-refractivity contribution is 6.27. The zero-order valence-electron chi connectivity index (χ0n) is 11.3. The monoisotopic (exact) mass is 280 g/mol. The molecule has 1 heterocycles. The topological polar surface area (TPSA) is 66.5 Å². The number of para-hydroxylation sites is 2. The summed E-state index contributed by atoms with van der Waals surface area (Å²) in [4.78, 5) is 38.0. The molecule has 0 aliphatic carbocycles. The fourth-order valence-electron chi connectivity index (χ4n) is 2.37. The third-order valence-corrected chi connectivity index (χ3v) is 3.31. The van der Waals surface area contributed by atoms with Crippen molar-refractivity contribution >= 4 is 29.1 Å². The van der Waals surface area contributed by atoms with Gasteiger partial charge in [-0.25, -0.2) is 4.90 Å². The molecule has 5 heteroatoms. The summed E-state index contributed by atoms with van der Waals surface area (Å²) < 4.78 is 0. The van der Waals surface area contributed by atoms with Crippen molar-refractivity contribution in [1.29, 1.82) is 0 Å². The number of imide groups is 1. The third kappa shape index (κ3) is 2.08. The van der Waals surface area contributed by atoms with Gasteiger partial charge >= 0.3 is 0 Å². The molecule has 1 N–H and O–H groups in total. The molecule has 5 nitrogen and oxygen atoms in total. The summed E-state index contributed by atoms with van der Waals surface area (Å²) in [7, 11) is 0. The SMILES string of the molecule is CC(=O)N1C(=O)c2ccccc2NC(=O)c2ccccc21. The van der Waals surface area contributed by atoms with Crippen LogP contribution in [0.3, 0.4) is 0 Å². The van der Waals surface area contributed by atoms with Crippen LogP contribution in [0.15, 0.2) is 48.5 Å². The molecule has 3 amide bonds. The summed E-state index contributed by atoms with van der Waals surface area (Å²) in [5, 5.41) is 2.71. The number of carbonyl (C=O) groups is 3. The maximum absolute atomic E-state index is 12.7. The molecule has 0 bridgehead atoms. The number of amides is 3. The van der Waals surface area contributed by atoms with E-state index in [-0.39, 0.29) is 17.0 Å². The number of nitrogens with zero attached hydrogens (tertiary/aromatic N) is 1. The van der Waals surface area contributed by atoms with E-state index in [1.807, 2.05) is 0 Å². The molecule has 2 aromatic rings. The van der Waals surface area contributed by atoms with Crippen molar-refractivity contribution in [2.45, 2.75) is 6.92 Å². The van der Waals surface area contributed by atoms with Crippen molar-refractivity contribution in [3.63, 3.8) is 0 Å². The molecule has 0 saturated heterocycles. The number of rotatable bonds is 0. The number of hydrogen-bond acceptors (Lipinski definition) is 3. The summed E-state index contributed by atoms with van der Waals surface area (Å²) in [5.41, 5.74) is 1.27. The average Bonchev–Trinajstić information content (AvgIpc) is 2.47. The molecule has 0 saturated carbocycles. The zero-order valence-corrected chi connectivity index (χ0v) is 11.3. The molecule has 0 atom stereocenters. The van der Waals surface area contributed by atoms with Crippen molar-refractivity contribution in [2.75, 3.05) is 10.2 Å². The van der Waals surface area contributed by atoms with Crippen LogP contribution < -0.4 is 10.2 Å². The molecule has 2 aromatic carbocycles. The lowest BCUT2D eigenvalue weighted by Crippen LogP contribution is -2.38. The van der Waals surface area contributed by atoms with Crippen LogP contribution in [-0.2, 0) is 4.79 Å². The Labute approximate surface area is 121 Å². The predicted octanol–water partition coefficient (Wildman–Crippen LogP) is 2.45. The van der Waals surface area contributed by atoms with Gasteiger partial charge in [-0.1, -0.05) is 24.3 Å².